The predicted molar refractivity (Wildman–Crippen MR) is 79.2 cm³/mol. The summed E-state index contributed by atoms with van der Waals surface area (Å²) in [5.74, 6) is 0.129. The lowest BCUT2D eigenvalue weighted by atomic mass is 9.80. The average Bonchev–Trinajstić information content (AvgIpc) is 2.99. The predicted octanol–water partition coefficient (Wildman–Crippen LogP) is 1.59. The number of carbonyl (C=O) groups is 3. The summed E-state index contributed by atoms with van der Waals surface area (Å²) in [5, 5.41) is 0. The maximum atomic E-state index is 12.2. The molecule has 3 amide bonds. The minimum absolute atomic E-state index is 0.133. The van der Waals surface area contributed by atoms with Crippen LogP contribution < -0.4 is 0 Å². The Kier molecular flexibility index (Phi) is 4.49. The quantitative estimate of drug-likeness (QED) is 0.739. The van der Waals surface area contributed by atoms with Gasteiger partial charge in [-0.05, 0) is 24.2 Å². The summed E-state index contributed by atoms with van der Waals surface area (Å²) in [6.45, 7) is 8.61. The third-order valence-corrected chi connectivity index (χ3v) is 4.44. The van der Waals surface area contributed by atoms with E-state index in [1.165, 1.54) is 17.1 Å². The van der Waals surface area contributed by atoms with E-state index in [1.807, 2.05) is 4.90 Å². The summed E-state index contributed by atoms with van der Waals surface area (Å²) in [7, 11) is 0. The highest BCUT2D eigenvalue weighted by atomic mass is 16.2. The summed E-state index contributed by atoms with van der Waals surface area (Å²) < 4.78 is 0. The molecule has 0 aromatic rings. The Labute approximate surface area is 126 Å². The minimum atomic E-state index is -0.276. The minimum Gasteiger partial charge on any atom is -0.342 e. The molecular formula is C16H24N2O3. The molecule has 116 valence electrons. The van der Waals surface area contributed by atoms with Gasteiger partial charge < -0.3 is 4.90 Å². The van der Waals surface area contributed by atoms with Crippen molar-refractivity contribution in [2.24, 2.45) is 11.3 Å². The number of imide groups is 1. The van der Waals surface area contributed by atoms with E-state index < -0.39 is 0 Å². The van der Waals surface area contributed by atoms with E-state index in [-0.39, 0.29) is 23.1 Å². The molecule has 2 aliphatic rings. The van der Waals surface area contributed by atoms with E-state index in [4.69, 9.17) is 0 Å². The van der Waals surface area contributed by atoms with Crippen LogP contribution in [0.15, 0.2) is 12.2 Å². The first-order valence-corrected chi connectivity index (χ1v) is 7.60. The highest BCUT2D eigenvalue weighted by molar-refractivity contribution is 6.12. The van der Waals surface area contributed by atoms with Crippen molar-refractivity contribution in [1.82, 2.24) is 9.80 Å². The van der Waals surface area contributed by atoms with Gasteiger partial charge >= 0.3 is 0 Å². The number of hydrogen-bond donors (Lipinski definition) is 0. The van der Waals surface area contributed by atoms with Gasteiger partial charge in [0.1, 0.15) is 0 Å². The van der Waals surface area contributed by atoms with Crippen molar-refractivity contribution in [3.05, 3.63) is 12.2 Å². The second kappa shape index (κ2) is 6.00. The van der Waals surface area contributed by atoms with Crippen LogP contribution in [0, 0.1) is 11.3 Å². The number of likely N-dealkylation sites (tertiary alicyclic amines) is 1. The fourth-order valence-electron chi connectivity index (χ4n) is 2.89. The maximum absolute atomic E-state index is 12.2. The molecule has 2 rings (SSSR count). The molecule has 0 bridgehead atoms. The second-order valence-electron chi connectivity index (χ2n) is 6.96. The zero-order valence-corrected chi connectivity index (χ0v) is 13.1. The first-order chi connectivity index (χ1) is 9.79. The summed E-state index contributed by atoms with van der Waals surface area (Å²) in [6, 6.07) is 0. The van der Waals surface area contributed by atoms with Gasteiger partial charge in [-0.15, -0.1) is 0 Å². The Morgan fingerprint density at radius 1 is 1.24 bits per heavy atom. The smallest absolute Gasteiger partial charge is 0.253 e. The van der Waals surface area contributed by atoms with Crippen LogP contribution in [-0.2, 0) is 14.4 Å². The van der Waals surface area contributed by atoms with Gasteiger partial charge in [0.2, 0.25) is 5.91 Å². The van der Waals surface area contributed by atoms with Crippen LogP contribution in [-0.4, -0.2) is 47.2 Å². The monoisotopic (exact) mass is 292 g/mol. The average molecular weight is 292 g/mol. The van der Waals surface area contributed by atoms with E-state index in [1.54, 1.807) is 0 Å². The zero-order valence-electron chi connectivity index (χ0n) is 13.1. The Hall–Kier alpha value is -1.65. The highest BCUT2D eigenvalue weighted by Gasteiger charge is 2.33. The van der Waals surface area contributed by atoms with Gasteiger partial charge in [0.25, 0.3) is 11.8 Å². The number of nitrogens with zero attached hydrogens (tertiary/aromatic N) is 2. The zero-order chi connectivity index (χ0) is 15.6. The standard InChI is InChI=1S/C16H24N2O3/c1-16(2,3)12-8-10-17(11-12)13(19)5-4-9-18-14(20)6-7-15(18)21/h6-7,12H,4-5,8-11H2,1-3H3/t12-/m1/s1. The van der Waals surface area contributed by atoms with Crippen LogP contribution in [0.2, 0.25) is 0 Å². The van der Waals surface area contributed by atoms with Gasteiger partial charge in [-0.2, -0.15) is 0 Å². The molecule has 0 aromatic heterocycles. The van der Waals surface area contributed by atoms with Crippen molar-refractivity contribution in [3.8, 4) is 0 Å². The van der Waals surface area contributed by atoms with E-state index in [0.717, 1.165) is 19.5 Å². The van der Waals surface area contributed by atoms with Crippen molar-refractivity contribution in [2.75, 3.05) is 19.6 Å². The molecule has 1 atom stereocenters. The number of rotatable bonds is 4. The number of amides is 3. The largest absolute Gasteiger partial charge is 0.342 e. The van der Waals surface area contributed by atoms with Gasteiger partial charge in [-0.1, -0.05) is 20.8 Å². The van der Waals surface area contributed by atoms with Crippen molar-refractivity contribution < 1.29 is 14.4 Å². The summed E-state index contributed by atoms with van der Waals surface area (Å²) in [6.07, 6.45) is 4.54. The van der Waals surface area contributed by atoms with Crippen LogP contribution in [0.3, 0.4) is 0 Å². The SMILES string of the molecule is CC(C)(C)[C@@H]1CCN(C(=O)CCCN2C(=O)C=CC2=O)C1. The molecule has 1 fully saturated rings. The van der Waals surface area contributed by atoms with Gasteiger partial charge in [-0.3, -0.25) is 19.3 Å². The van der Waals surface area contributed by atoms with Crippen molar-refractivity contribution in [1.29, 1.82) is 0 Å². The van der Waals surface area contributed by atoms with Crippen molar-refractivity contribution >= 4 is 17.7 Å². The summed E-state index contributed by atoms with van der Waals surface area (Å²) >= 11 is 0. The van der Waals surface area contributed by atoms with Gasteiger partial charge in [0, 0.05) is 38.2 Å². The highest BCUT2D eigenvalue weighted by Crippen LogP contribution is 2.33. The van der Waals surface area contributed by atoms with Crippen LogP contribution in [0.4, 0.5) is 0 Å². The van der Waals surface area contributed by atoms with E-state index in [2.05, 4.69) is 20.8 Å². The van der Waals surface area contributed by atoms with E-state index in [0.29, 0.717) is 25.3 Å². The van der Waals surface area contributed by atoms with Crippen LogP contribution in [0.25, 0.3) is 0 Å². The number of hydrogen-bond acceptors (Lipinski definition) is 3. The molecule has 5 nitrogen and oxygen atoms in total. The van der Waals surface area contributed by atoms with Crippen molar-refractivity contribution in [2.45, 2.75) is 40.0 Å². The van der Waals surface area contributed by atoms with Crippen molar-refractivity contribution in [3.63, 3.8) is 0 Å². The fourth-order valence-corrected chi connectivity index (χ4v) is 2.89. The van der Waals surface area contributed by atoms with Crippen LogP contribution in [0.5, 0.6) is 0 Å². The first kappa shape index (κ1) is 15.7. The molecule has 0 unspecified atom stereocenters. The molecule has 21 heavy (non-hydrogen) atoms. The summed E-state index contributed by atoms with van der Waals surface area (Å²) in [4.78, 5) is 38.1. The molecule has 0 saturated carbocycles. The Balaban J connectivity index is 1.74. The Bertz CT molecular complexity index is 458. The molecule has 2 heterocycles. The van der Waals surface area contributed by atoms with Gasteiger partial charge in [-0.25, -0.2) is 0 Å². The molecule has 2 aliphatic heterocycles. The molecule has 1 saturated heterocycles. The third kappa shape index (κ3) is 3.71. The normalized spacial score (nSPS) is 22.5. The summed E-state index contributed by atoms with van der Waals surface area (Å²) in [5.41, 5.74) is 0.231. The lowest BCUT2D eigenvalue weighted by molar-refractivity contribution is -0.138. The van der Waals surface area contributed by atoms with E-state index in [9.17, 15) is 14.4 Å². The lowest BCUT2D eigenvalue weighted by Gasteiger charge is -2.27. The fraction of sp³-hybridized carbons (Fsp3) is 0.688. The molecule has 0 spiro atoms. The van der Waals surface area contributed by atoms with Crippen LogP contribution >= 0.6 is 0 Å². The Morgan fingerprint density at radius 2 is 1.86 bits per heavy atom. The van der Waals surface area contributed by atoms with E-state index >= 15 is 0 Å². The second-order valence-corrected chi connectivity index (χ2v) is 6.96. The molecule has 0 aromatic carbocycles. The maximum Gasteiger partial charge on any atom is 0.253 e. The van der Waals surface area contributed by atoms with Gasteiger partial charge in [0.05, 0.1) is 0 Å². The molecule has 5 heteroatoms. The molecule has 0 radical (unpaired) electrons. The third-order valence-electron chi connectivity index (χ3n) is 4.44. The molecule has 0 aliphatic carbocycles. The lowest BCUT2D eigenvalue weighted by Crippen LogP contribution is -2.33. The Morgan fingerprint density at radius 3 is 2.38 bits per heavy atom. The molecule has 0 N–H and O–H groups in total. The topological polar surface area (TPSA) is 57.7 Å². The van der Waals surface area contributed by atoms with Gasteiger partial charge in [0.15, 0.2) is 0 Å². The first-order valence-electron chi connectivity index (χ1n) is 7.60. The molecular weight excluding hydrogens is 268 g/mol. The number of carbonyl (C=O) groups excluding carboxylic acids is 3. The van der Waals surface area contributed by atoms with Crippen LogP contribution in [0.1, 0.15) is 40.0 Å².